The standard InChI is InChI=1S/C21H18F3N3O5/c1-2-14(20(31)32)26-18(29)15-16(28)13-4-3-9-25-17(13)27(19(15)30)10-11-5-7-12(8-6-11)21(22,23)24/h3-9,14,28H,2,10H2,1H3,(H,26,29)(H,31,32). The molecule has 0 aliphatic carbocycles. The number of aromatic hydroxyl groups is 1. The first-order chi connectivity index (χ1) is 15.0. The molecule has 3 aromatic rings. The highest BCUT2D eigenvalue weighted by Crippen LogP contribution is 2.30. The van der Waals surface area contributed by atoms with Crippen molar-refractivity contribution in [1.82, 2.24) is 14.9 Å². The Morgan fingerprint density at radius 3 is 2.41 bits per heavy atom. The summed E-state index contributed by atoms with van der Waals surface area (Å²) in [4.78, 5) is 41.1. The van der Waals surface area contributed by atoms with Crippen LogP contribution in [-0.4, -0.2) is 37.7 Å². The van der Waals surface area contributed by atoms with Crippen LogP contribution in [0.1, 0.15) is 34.8 Å². The second-order valence-corrected chi connectivity index (χ2v) is 6.96. The largest absolute Gasteiger partial charge is 0.506 e. The van der Waals surface area contributed by atoms with E-state index in [9.17, 15) is 32.7 Å². The Hall–Kier alpha value is -3.89. The summed E-state index contributed by atoms with van der Waals surface area (Å²) in [6, 6.07) is 5.69. The fourth-order valence-electron chi connectivity index (χ4n) is 3.17. The third-order valence-corrected chi connectivity index (χ3v) is 4.85. The molecule has 0 saturated heterocycles. The van der Waals surface area contributed by atoms with Crippen LogP contribution in [0.15, 0.2) is 47.4 Å². The first kappa shape index (κ1) is 22.8. The summed E-state index contributed by atoms with van der Waals surface area (Å²) in [5.41, 5.74) is -2.18. The Morgan fingerprint density at radius 1 is 1.19 bits per heavy atom. The van der Waals surface area contributed by atoms with Gasteiger partial charge in [-0.25, -0.2) is 9.78 Å². The van der Waals surface area contributed by atoms with E-state index in [4.69, 9.17) is 5.11 Å². The summed E-state index contributed by atoms with van der Waals surface area (Å²) >= 11 is 0. The number of aromatic nitrogens is 2. The van der Waals surface area contributed by atoms with Crippen molar-refractivity contribution >= 4 is 22.9 Å². The average Bonchev–Trinajstić information content (AvgIpc) is 2.74. The lowest BCUT2D eigenvalue weighted by atomic mass is 10.1. The van der Waals surface area contributed by atoms with Crippen LogP contribution in [0.3, 0.4) is 0 Å². The monoisotopic (exact) mass is 449 g/mol. The van der Waals surface area contributed by atoms with E-state index in [0.717, 1.165) is 16.7 Å². The number of nitrogens with zero attached hydrogens (tertiary/aromatic N) is 2. The van der Waals surface area contributed by atoms with E-state index in [1.54, 1.807) is 0 Å². The number of fused-ring (bicyclic) bond motifs is 1. The third kappa shape index (κ3) is 4.41. The van der Waals surface area contributed by atoms with Crippen LogP contribution >= 0.6 is 0 Å². The number of hydrogen-bond donors (Lipinski definition) is 3. The number of pyridine rings is 2. The third-order valence-electron chi connectivity index (χ3n) is 4.85. The van der Waals surface area contributed by atoms with Gasteiger partial charge in [0.1, 0.15) is 23.0 Å². The molecule has 1 atom stereocenters. The molecule has 0 saturated carbocycles. The van der Waals surface area contributed by atoms with Gasteiger partial charge in [-0.05, 0) is 36.2 Å². The van der Waals surface area contributed by atoms with Crippen molar-refractivity contribution in [2.45, 2.75) is 32.1 Å². The van der Waals surface area contributed by atoms with Gasteiger partial charge in [-0.2, -0.15) is 13.2 Å². The summed E-state index contributed by atoms with van der Waals surface area (Å²) in [5.74, 6) is -3.07. The number of aliphatic carboxylic acids is 1. The van der Waals surface area contributed by atoms with Gasteiger partial charge < -0.3 is 15.5 Å². The maximum atomic E-state index is 13.1. The Morgan fingerprint density at radius 2 is 1.84 bits per heavy atom. The molecule has 0 bridgehead atoms. The molecular formula is C21H18F3N3O5. The highest BCUT2D eigenvalue weighted by Gasteiger charge is 2.30. The minimum absolute atomic E-state index is 0.0109. The van der Waals surface area contributed by atoms with Crippen molar-refractivity contribution in [2.75, 3.05) is 0 Å². The van der Waals surface area contributed by atoms with Crippen molar-refractivity contribution in [3.8, 4) is 5.75 Å². The molecule has 8 nitrogen and oxygen atoms in total. The first-order valence-corrected chi connectivity index (χ1v) is 9.44. The number of carboxylic acids is 1. The van der Waals surface area contributed by atoms with E-state index in [0.29, 0.717) is 5.56 Å². The molecule has 1 amide bonds. The highest BCUT2D eigenvalue weighted by atomic mass is 19.4. The van der Waals surface area contributed by atoms with E-state index < -0.39 is 46.5 Å². The van der Waals surface area contributed by atoms with Crippen molar-refractivity contribution in [1.29, 1.82) is 0 Å². The number of halogens is 3. The van der Waals surface area contributed by atoms with Gasteiger partial charge in [0.2, 0.25) is 0 Å². The second kappa shape index (κ2) is 8.69. The molecule has 0 aliphatic heterocycles. The molecule has 0 fully saturated rings. The van der Waals surface area contributed by atoms with Gasteiger partial charge >= 0.3 is 12.1 Å². The summed E-state index contributed by atoms with van der Waals surface area (Å²) < 4.78 is 39.5. The zero-order chi connectivity index (χ0) is 23.6. The van der Waals surface area contributed by atoms with Crippen LogP contribution in [0.2, 0.25) is 0 Å². The fourth-order valence-corrected chi connectivity index (χ4v) is 3.17. The van der Waals surface area contributed by atoms with Gasteiger partial charge in [-0.15, -0.1) is 0 Å². The SMILES string of the molecule is CCC(NC(=O)c1c(O)c2cccnc2n(Cc2ccc(C(F)(F)F)cc2)c1=O)C(=O)O. The number of carbonyl (C=O) groups excluding carboxylic acids is 1. The number of amides is 1. The van der Waals surface area contributed by atoms with E-state index in [1.165, 1.54) is 37.4 Å². The first-order valence-electron chi connectivity index (χ1n) is 9.44. The van der Waals surface area contributed by atoms with Crippen molar-refractivity contribution < 1.29 is 33.0 Å². The lowest BCUT2D eigenvalue weighted by Gasteiger charge is -2.16. The molecule has 2 heterocycles. The van der Waals surface area contributed by atoms with E-state index in [1.807, 2.05) is 0 Å². The lowest BCUT2D eigenvalue weighted by molar-refractivity contribution is -0.139. The molecule has 0 radical (unpaired) electrons. The van der Waals surface area contributed by atoms with E-state index >= 15 is 0 Å². The highest BCUT2D eigenvalue weighted by molar-refractivity contribution is 6.02. The minimum Gasteiger partial charge on any atom is -0.506 e. The molecule has 1 unspecified atom stereocenters. The van der Waals surface area contributed by atoms with Crippen LogP contribution in [0, 0.1) is 0 Å². The molecular weight excluding hydrogens is 431 g/mol. The number of alkyl halides is 3. The van der Waals surface area contributed by atoms with E-state index in [-0.39, 0.29) is 24.0 Å². The topological polar surface area (TPSA) is 122 Å². The van der Waals surface area contributed by atoms with Crippen LogP contribution in [0.25, 0.3) is 11.0 Å². The molecule has 0 aliphatic rings. The van der Waals surface area contributed by atoms with Crippen LogP contribution in [0.4, 0.5) is 13.2 Å². The lowest BCUT2D eigenvalue weighted by Crippen LogP contribution is -2.43. The number of carboxylic acid groups (broad SMARTS) is 1. The smallest absolute Gasteiger partial charge is 0.416 e. The number of hydrogen-bond acceptors (Lipinski definition) is 5. The van der Waals surface area contributed by atoms with Gasteiger partial charge in [0.05, 0.1) is 17.5 Å². The summed E-state index contributed by atoms with van der Waals surface area (Å²) in [6.45, 7) is 1.29. The summed E-state index contributed by atoms with van der Waals surface area (Å²) in [6.07, 6.45) is -3.13. The number of benzene rings is 1. The Kier molecular flexibility index (Phi) is 6.19. The molecule has 11 heteroatoms. The fraction of sp³-hybridized carbons (Fsp3) is 0.238. The number of nitrogens with one attached hydrogen (secondary N) is 1. The van der Waals surface area contributed by atoms with Crippen LogP contribution in [0.5, 0.6) is 5.75 Å². The predicted molar refractivity (Wildman–Crippen MR) is 107 cm³/mol. The zero-order valence-corrected chi connectivity index (χ0v) is 16.7. The quantitative estimate of drug-likeness (QED) is 0.532. The van der Waals surface area contributed by atoms with Crippen LogP contribution in [-0.2, 0) is 17.5 Å². The minimum atomic E-state index is -4.52. The van der Waals surface area contributed by atoms with Gasteiger partial charge in [-0.3, -0.25) is 14.2 Å². The van der Waals surface area contributed by atoms with Gasteiger partial charge in [0.25, 0.3) is 11.5 Å². The number of rotatable bonds is 6. The van der Waals surface area contributed by atoms with Gasteiger partial charge in [0, 0.05) is 6.20 Å². The molecule has 2 aromatic heterocycles. The van der Waals surface area contributed by atoms with Gasteiger partial charge in [-0.1, -0.05) is 19.1 Å². The summed E-state index contributed by atoms with van der Waals surface area (Å²) in [7, 11) is 0. The Bertz CT molecular complexity index is 1240. The molecule has 3 rings (SSSR count). The molecule has 3 N–H and O–H groups in total. The van der Waals surface area contributed by atoms with Crippen molar-refractivity contribution in [3.63, 3.8) is 0 Å². The Labute approximate surface area is 178 Å². The summed E-state index contributed by atoms with van der Waals surface area (Å²) in [5, 5.41) is 21.9. The number of carbonyl (C=O) groups is 2. The van der Waals surface area contributed by atoms with Crippen molar-refractivity contribution in [3.05, 3.63) is 69.6 Å². The maximum Gasteiger partial charge on any atom is 0.416 e. The second-order valence-electron chi connectivity index (χ2n) is 6.96. The van der Waals surface area contributed by atoms with Crippen molar-refractivity contribution in [2.24, 2.45) is 0 Å². The normalized spacial score (nSPS) is 12.5. The average molecular weight is 449 g/mol. The zero-order valence-electron chi connectivity index (χ0n) is 16.7. The maximum absolute atomic E-state index is 13.1. The van der Waals surface area contributed by atoms with Gasteiger partial charge in [0.15, 0.2) is 0 Å². The molecule has 0 spiro atoms. The van der Waals surface area contributed by atoms with Crippen LogP contribution < -0.4 is 10.9 Å². The molecule has 1 aromatic carbocycles. The Balaban J connectivity index is 2.11. The molecule has 32 heavy (non-hydrogen) atoms. The molecule has 168 valence electrons. The predicted octanol–water partition coefficient (Wildman–Crippen LogP) is 2.76. The van der Waals surface area contributed by atoms with E-state index in [2.05, 4.69) is 10.3 Å².